The third-order valence-electron chi connectivity index (χ3n) is 3.99. The third kappa shape index (κ3) is 5.06. The molecule has 1 N–H and O–H groups in total. The average Bonchev–Trinajstić information content (AvgIpc) is 2.67. The lowest BCUT2D eigenvalue weighted by Crippen LogP contribution is -2.03. The molecule has 3 rings (SSSR count). The molecular formula is C21H18Cl2FNO2. The summed E-state index contributed by atoms with van der Waals surface area (Å²) in [6.07, 6.45) is 0. The lowest BCUT2D eigenvalue weighted by molar-refractivity contribution is 0.284. The molecule has 0 atom stereocenters. The Kier molecular flexibility index (Phi) is 6.43. The summed E-state index contributed by atoms with van der Waals surface area (Å²) >= 11 is 12.4. The predicted octanol–water partition coefficient (Wildman–Crippen LogP) is 6.33. The van der Waals surface area contributed by atoms with E-state index >= 15 is 0 Å². The minimum Gasteiger partial charge on any atom is -0.493 e. The van der Waals surface area contributed by atoms with Gasteiger partial charge in [-0.2, -0.15) is 0 Å². The summed E-state index contributed by atoms with van der Waals surface area (Å²) in [4.78, 5) is 0. The molecule has 27 heavy (non-hydrogen) atoms. The Hall–Kier alpha value is -2.43. The highest BCUT2D eigenvalue weighted by atomic mass is 35.5. The van der Waals surface area contributed by atoms with Gasteiger partial charge >= 0.3 is 0 Å². The molecule has 0 aliphatic rings. The number of hydrogen-bond acceptors (Lipinski definition) is 3. The van der Waals surface area contributed by atoms with Crippen molar-refractivity contribution in [1.82, 2.24) is 0 Å². The van der Waals surface area contributed by atoms with Crippen LogP contribution in [0.15, 0.2) is 60.7 Å². The first-order valence-electron chi connectivity index (χ1n) is 8.29. The van der Waals surface area contributed by atoms with Gasteiger partial charge < -0.3 is 14.8 Å². The Labute approximate surface area is 167 Å². The van der Waals surface area contributed by atoms with Crippen molar-refractivity contribution in [2.75, 3.05) is 12.4 Å². The van der Waals surface area contributed by atoms with Crippen LogP contribution in [0.1, 0.15) is 11.1 Å². The number of anilines is 1. The molecule has 0 heterocycles. The van der Waals surface area contributed by atoms with E-state index in [1.54, 1.807) is 19.2 Å². The fourth-order valence-corrected chi connectivity index (χ4v) is 2.97. The lowest BCUT2D eigenvalue weighted by Gasteiger charge is -2.15. The van der Waals surface area contributed by atoms with Gasteiger partial charge in [0.1, 0.15) is 12.4 Å². The molecule has 0 aliphatic carbocycles. The number of benzene rings is 3. The fraction of sp³-hybridized carbons (Fsp3) is 0.143. The fourth-order valence-electron chi connectivity index (χ4n) is 2.53. The van der Waals surface area contributed by atoms with Gasteiger partial charge in [-0.05, 0) is 35.9 Å². The number of para-hydroxylation sites is 1. The van der Waals surface area contributed by atoms with Crippen LogP contribution >= 0.6 is 23.2 Å². The van der Waals surface area contributed by atoms with Crippen LogP contribution in [0.4, 0.5) is 10.1 Å². The zero-order valence-corrected chi connectivity index (χ0v) is 16.1. The first-order chi connectivity index (χ1) is 13.1. The van der Waals surface area contributed by atoms with Crippen LogP contribution in [0.2, 0.25) is 10.0 Å². The van der Waals surface area contributed by atoms with E-state index in [0.29, 0.717) is 33.7 Å². The van der Waals surface area contributed by atoms with Gasteiger partial charge in [-0.3, -0.25) is 0 Å². The highest BCUT2D eigenvalue weighted by molar-refractivity contribution is 6.31. The first-order valence-corrected chi connectivity index (χ1v) is 9.04. The lowest BCUT2D eigenvalue weighted by atomic mass is 10.2. The van der Waals surface area contributed by atoms with Gasteiger partial charge in [-0.25, -0.2) is 4.39 Å². The minimum atomic E-state index is -0.389. The predicted molar refractivity (Wildman–Crippen MR) is 108 cm³/mol. The maximum atomic E-state index is 13.2. The molecule has 0 spiro atoms. The highest BCUT2D eigenvalue weighted by Crippen LogP contribution is 2.34. The van der Waals surface area contributed by atoms with Crippen LogP contribution in [0.25, 0.3) is 0 Å². The van der Waals surface area contributed by atoms with Crippen LogP contribution < -0.4 is 14.8 Å². The second kappa shape index (κ2) is 8.98. The summed E-state index contributed by atoms with van der Waals surface area (Å²) < 4.78 is 24.4. The summed E-state index contributed by atoms with van der Waals surface area (Å²) in [5, 5.41) is 4.17. The SMILES string of the molecule is COc1cc(CNc2ccccc2)c(Cl)cc1OCc1ccc(F)cc1Cl. The van der Waals surface area contributed by atoms with Gasteiger partial charge in [0.05, 0.1) is 12.1 Å². The van der Waals surface area contributed by atoms with Gasteiger partial charge in [0.15, 0.2) is 11.5 Å². The molecule has 0 fully saturated rings. The van der Waals surface area contributed by atoms with Gasteiger partial charge in [-0.1, -0.05) is 47.5 Å². The minimum absolute atomic E-state index is 0.174. The van der Waals surface area contributed by atoms with E-state index in [1.165, 1.54) is 12.1 Å². The number of rotatable bonds is 7. The largest absolute Gasteiger partial charge is 0.493 e. The Morgan fingerprint density at radius 2 is 1.63 bits per heavy atom. The summed E-state index contributed by atoms with van der Waals surface area (Å²) in [5.41, 5.74) is 2.55. The Bertz CT molecular complexity index is 920. The van der Waals surface area contributed by atoms with Crippen LogP contribution in [0.3, 0.4) is 0 Å². The molecule has 6 heteroatoms. The van der Waals surface area contributed by atoms with Gasteiger partial charge in [-0.15, -0.1) is 0 Å². The Morgan fingerprint density at radius 1 is 0.889 bits per heavy atom. The molecule has 3 nitrogen and oxygen atoms in total. The molecule has 0 aliphatic heterocycles. The molecule has 3 aromatic rings. The number of nitrogens with one attached hydrogen (secondary N) is 1. The number of ether oxygens (including phenoxy) is 2. The number of methoxy groups -OCH3 is 1. The molecule has 0 unspecified atom stereocenters. The topological polar surface area (TPSA) is 30.5 Å². The monoisotopic (exact) mass is 405 g/mol. The summed E-state index contributed by atoms with van der Waals surface area (Å²) in [6.45, 7) is 0.719. The molecule has 3 aromatic carbocycles. The smallest absolute Gasteiger partial charge is 0.163 e. The van der Waals surface area contributed by atoms with Crippen molar-refractivity contribution in [1.29, 1.82) is 0 Å². The second-order valence-corrected chi connectivity index (χ2v) is 6.65. The van der Waals surface area contributed by atoms with Gasteiger partial charge in [0.25, 0.3) is 0 Å². The maximum Gasteiger partial charge on any atom is 0.163 e. The van der Waals surface area contributed by atoms with Crippen molar-refractivity contribution < 1.29 is 13.9 Å². The third-order valence-corrected chi connectivity index (χ3v) is 4.69. The van der Waals surface area contributed by atoms with Gasteiger partial charge in [0.2, 0.25) is 0 Å². The Morgan fingerprint density at radius 3 is 2.33 bits per heavy atom. The molecule has 0 aromatic heterocycles. The van der Waals surface area contributed by atoms with E-state index in [9.17, 15) is 4.39 Å². The zero-order chi connectivity index (χ0) is 19.2. The number of halogens is 3. The van der Waals surface area contributed by atoms with E-state index in [4.69, 9.17) is 32.7 Å². The van der Waals surface area contributed by atoms with E-state index < -0.39 is 0 Å². The van der Waals surface area contributed by atoms with E-state index in [0.717, 1.165) is 11.3 Å². The second-order valence-electron chi connectivity index (χ2n) is 5.84. The van der Waals surface area contributed by atoms with Crippen molar-refractivity contribution >= 4 is 28.9 Å². The molecule has 0 radical (unpaired) electrons. The quantitative estimate of drug-likeness (QED) is 0.497. The van der Waals surface area contributed by atoms with Crippen LogP contribution in [-0.2, 0) is 13.2 Å². The molecule has 140 valence electrons. The summed E-state index contributed by atoms with van der Waals surface area (Å²) in [5.74, 6) is 0.661. The molecular weight excluding hydrogens is 388 g/mol. The van der Waals surface area contributed by atoms with Crippen molar-refractivity contribution in [3.8, 4) is 11.5 Å². The zero-order valence-electron chi connectivity index (χ0n) is 14.6. The maximum absolute atomic E-state index is 13.2. The van der Waals surface area contributed by atoms with Crippen molar-refractivity contribution in [2.45, 2.75) is 13.2 Å². The van der Waals surface area contributed by atoms with Crippen molar-refractivity contribution in [3.63, 3.8) is 0 Å². The summed E-state index contributed by atoms with van der Waals surface area (Å²) in [6, 6.07) is 17.6. The molecule has 0 saturated carbocycles. The summed E-state index contributed by atoms with van der Waals surface area (Å²) in [7, 11) is 1.56. The van der Waals surface area contributed by atoms with Crippen molar-refractivity contribution in [3.05, 3.63) is 87.7 Å². The van der Waals surface area contributed by atoms with E-state index in [1.807, 2.05) is 36.4 Å². The van der Waals surface area contributed by atoms with E-state index in [-0.39, 0.29) is 12.4 Å². The van der Waals surface area contributed by atoms with Crippen LogP contribution in [-0.4, -0.2) is 7.11 Å². The Balaban J connectivity index is 1.73. The molecule has 0 saturated heterocycles. The molecule has 0 bridgehead atoms. The highest BCUT2D eigenvalue weighted by Gasteiger charge is 2.12. The van der Waals surface area contributed by atoms with Crippen LogP contribution in [0, 0.1) is 5.82 Å². The number of hydrogen-bond donors (Lipinski definition) is 1. The van der Waals surface area contributed by atoms with Crippen molar-refractivity contribution in [2.24, 2.45) is 0 Å². The van der Waals surface area contributed by atoms with E-state index in [2.05, 4.69) is 5.32 Å². The standard InChI is InChI=1S/C21H18Cl2FNO2/c1-26-20-9-15(12-25-17-5-3-2-4-6-17)19(23)11-21(20)27-13-14-7-8-16(24)10-18(14)22/h2-11,25H,12-13H2,1H3. The molecule has 0 amide bonds. The first kappa shape index (κ1) is 19.3. The van der Waals surface area contributed by atoms with Gasteiger partial charge in [0, 0.05) is 28.9 Å². The average molecular weight is 406 g/mol. The van der Waals surface area contributed by atoms with Crippen LogP contribution in [0.5, 0.6) is 11.5 Å². The normalized spacial score (nSPS) is 10.5.